The standard InChI is InChI=1S/C23H33N5OS/c1-3-22-27-19(16-30-22)15-28-10-8-17(9-11-28)13-25-23(24-2)26-14-20-12-18-6-4-5-7-21(18)29-20/h4-7,16-17,20H,3,8-15H2,1-2H3,(H2,24,25,26). The van der Waals surface area contributed by atoms with Crippen molar-refractivity contribution in [2.75, 3.05) is 33.2 Å². The summed E-state index contributed by atoms with van der Waals surface area (Å²) in [6.07, 6.45) is 4.60. The fourth-order valence-corrected chi connectivity index (χ4v) is 4.94. The van der Waals surface area contributed by atoms with E-state index in [4.69, 9.17) is 9.72 Å². The Bertz CT molecular complexity index is 819. The molecule has 1 saturated heterocycles. The average molecular weight is 428 g/mol. The van der Waals surface area contributed by atoms with Crippen LogP contribution >= 0.6 is 11.3 Å². The highest BCUT2D eigenvalue weighted by Crippen LogP contribution is 2.27. The normalized spacial score (nSPS) is 20.1. The maximum atomic E-state index is 6.01. The maximum Gasteiger partial charge on any atom is 0.191 e. The molecular formula is C23H33N5OS. The van der Waals surface area contributed by atoms with Crippen molar-refractivity contribution in [3.8, 4) is 5.75 Å². The van der Waals surface area contributed by atoms with Gasteiger partial charge in [-0.15, -0.1) is 11.3 Å². The summed E-state index contributed by atoms with van der Waals surface area (Å²) in [7, 11) is 1.83. The van der Waals surface area contributed by atoms with Gasteiger partial charge in [0.1, 0.15) is 11.9 Å². The number of likely N-dealkylation sites (tertiary alicyclic amines) is 1. The highest BCUT2D eigenvalue weighted by molar-refractivity contribution is 7.09. The number of ether oxygens (including phenoxy) is 1. The van der Waals surface area contributed by atoms with Crippen molar-refractivity contribution in [1.82, 2.24) is 20.5 Å². The lowest BCUT2D eigenvalue weighted by molar-refractivity contribution is 0.176. The third-order valence-corrected chi connectivity index (χ3v) is 7.03. The summed E-state index contributed by atoms with van der Waals surface area (Å²) in [5.74, 6) is 2.57. The average Bonchev–Trinajstić information content (AvgIpc) is 3.41. The monoisotopic (exact) mass is 427 g/mol. The molecule has 0 spiro atoms. The number of hydrogen-bond acceptors (Lipinski definition) is 5. The number of guanidine groups is 1. The van der Waals surface area contributed by atoms with Gasteiger partial charge in [-0.1, -0.05) is 25.1 Å². The van der Waals surface area contributed by atoms with E-state index < -0.39 is 0 Å². The molecule has 0 radical (unpaired) electrons. The zero-order chi connectivity index (χ0) is 20.8. The number of fused-ring (bicyclic) bond motifs is 1. The van der Waals surface area contributed by atoms with E-state index in [1.165, 1.54) is 29.1 Å². The van der Waals surface area contributed by atoms with E-state index in [0.29, 0.717) is 5.92 Å². The minimum atomic E-state index is 0.170. The van der Waals surface area contributed by atoms with Crippen molar-refractivity contribution >= 4 is 17.3 Å². The Balaban J connectivity index is 1.14. The molecule has 1 atom stereocenters. The number of para-hydroxylation sites is 1. The maximum absolute atomic E-state index is 6.01. The molecule has 1 unspecified atom stereocenters. The molecule has 162 valence electrons. The Kier molecular flexibility index (Phi) is 7.23. The zero-order valence-electron chi connectivity index (χ0n) is 18.1. The van der Waals surface area contributed by atoms with Crippen molar-refractivity contribution in [1.29, 1.82) is 0 Å². The van der Waals surface area contributed by atoms with Crippen LogP contribution in [-0.2, 0) is 19.4 Å². The van der Waals surface area contributed by atoms with E-state index in [9.17, 15) is 0 Å². The van der Waals surface area contributed by atoms with Crippen LogP contribution in [0.5, 0.6) is 5.75 Å². The minimum absolute atomic E-state index is 0.170. The summed E-state index contributed by atoms with van der Waals surface area (Å²) in [6, 6.07) is 8.29. The molecule has 2 aromatic rings. The van der Waals surface area contributed by atoms with Gasteiger partial charge in [0.15, 0.2) is 5.96 Å². The van der Waals surface area contributed by atoms with E-state index in [2.05, 4.69) is 45.0 Å². The summed E-state index contributed by atoms with van der Waals surface area (Å²) in [6.45, 7) is 7.18. The molecule has 1 aromatic carbocycles. The Morgan fingerprint density at radius 2 is 2.03 bits per heavy atom. The van der Waals surface area contributed by atoms with E-state index in [1.807, 2.05) is 19.2 Å². The molecule has 2 aliphatic rings. The lowest BCUT2D eigenvalue weighted by atomic mass is 9.97. The molecule has 0 amide bonds. The van der Waals surface area contributed by atoms with Gasteiger partial charge in [0, 0.05) is 31.9 Å². The molecule has 1 fully saturated rings. The number of thiazole rings is 1. The molecule has 3 heterocycles. The predicted octanol–water partition coefficient (Wildman–Crippen LogP) is 3.09. The number of benzene rings is 1. The third kappa shape index (κ3) is 5.52. The summed E-state index contributed by atoms with van der Waals surface area (Å²) in [4.78, 5) is 11.6. The zero-order valence-corrected chi connectivity index (χ0v) is 18.9. The van der Waals surface area contributed by atoms with Crippen molar-refractivity contribution in [3.63, 3.8) is 0 Å². The number of nitrogens with one attached hydrogen (secondary N) is 2. The molecule has 1 aromatic heterocycles. The fraction of sp³-hybridized carbons (Fsp3) is 0.565. The molecule has 30 heavy (non-hydrogen) atoms. The van der Waals surface area contributed by atoms with Gasteiger partial charge < -0.3 is 15.4 Å². The van der Waals surface area contributed by atoms with Gasteiger partial charge in [-0.2, -0.15) is 0 Å². The molecule has 7 heteroatoms. The number of hydrogen-bond donors (Lipinski definition) is 2. The molecular weight excluding hydrogens is 394 g/mol. The van der Waals surface area contributed by atoms with Crippen LogP contribution in [0.1, 0.15) is 36.0 Å². The third-order valence-electron chi connectivity index (χ3n) is 5.99. The van der Waals surface area contributed by atoms with Crippen LogP contribution in [0.25, 0.3) is 0 Å². The van der Waals surface area contributed by atoms with Gasteiger partial charge in [0.2, 0.25) is 0 Å². The van der Waals surface area contributed by atoms with Crippen LogP contribution in [-0.4, -0.2) is 55.2 Å². The molecule has 4 rings (SSSR count). The number of aromatic nitrogens is 1. The molecule has 6 nitrogen and oxygen atoms in total. The minimum Gasteiger partial charge on any atom is -0.488 e. The van der Waals surface area contributed by atoms with Gasteiger partial charge in [-0.3, -0.25) is 9.89 Å². The van der Waals surface area contributed by atoms with Gasteiger partial charge >= 0.3 is 0 Å². The first-order chi connectivity index (χ1) is 14.7. The second-order valence-electron chi connectivity index (χ2n) is 8.19. The van der Waals surface area contributed by atoms with E-state index in [-0.39, 0.29) is 6.10 Å². The molecule has 2 N–H and O–H groups in total. The first kappa shape index (κ1) is 21.1. The van der Waals surface area contributed by atoms with Crippen LogP contribution < -0.4 is 15.4 Å². The van der Waals surface area contributed by atoms with Crippen molar-refractivity contribution in [3.05, 3.63) is 45.9 Å². The number of aliphatic imine (C=N–C) groups is 1. The van der Waals surface area contributed by atoms with Crippen LogP contribution in [0.4, 0.5) is 0 Å². The second kappa shape index (κ2) is 10.3. The quantitative estimate of drug-likeness (QED) is 0.525. The highest BCUT2D eigenvalue weighted by atomic mass is 32.1. The lowest BCUT2D eigenvalue weighted by Gasteiger charge is -2.31. The first-order valence-corrected chi connectivity index (χ1v) is 12.0. The number of nitrogens with zero attached hydrogens (tertiary/aromatic N) is 3. The largest absolute Gasteiger partial charge is 0.488 e. The van der Waals surface area contributed by atoms with Crippen molar-refractivity contribution in [2.45, 2.75) is 45.3 Å². The second-order valence-corrected chi connectivity index (χ2v) is 9.13. The molecule has 0 saturated carbocycles. The van der Waals surface area contributed by atoms with Gasteiger partial charge in [-0.05, 0) is 49.9 Å². The Hall–Kier alpha value is -2.12. The van der Waals surface area contributed by atoms with Gasteiger partial charge in [-0.25, -0.2) is 4.98 Å². The summed E-state index contributed by atoms with van der Waals surface area (Å²) >= 11 is 1.79. The Morgan fingerprint density at radius 1 is 1.23 bits per heavy atom. The SMILES string of the molecule is CCc1nc(CN2CCC(CNC(=NC)NCC3Cc4ccccc4O3)CC2)cs1. The number of piperidine rings is 1. The molecule has 0 bridgehead atoms. The Labute approximate surface area is 183 Å². The van der Waals surface area contributed by atoms with Crippen LogP contribution in [0.3, 0.4) is 0 Å². The lowest BCUT2D eigenvalue weighted by Crippen LogP contribution is -2.45. The Morgan fingerprint density at radius 3 is 2.77 bits per heavy atom. The number of aryl methyl sites for hydroxylation is 1. The molecule has 0 aliphatic carbocycles. The fourth-order valence-electron chi connectivity index (χ4n) is 4.20. The van der Waals surface area contributed by atoms with E-state index in [0.717, 1.165) is 57.3 Å². The van der Waals surface area contributed by atoms with Crippen molar-refractivity contribution in [2.24, 2.45) is 10.9 Å². The van der Waals surface area contributed by atoms with E-state index in [1.54, 1.807) is 11.3 Å². The van der Waals surface area contributed by atoms with Crippen LogP contribution in [0, 0.1) is 5.92 Å². The number of rotatable bonds is 7. The summed E-state index contributed by atoms with van der Waals surface area (Å²) in [5, 5.41) is 10.4. The highest BCUT2D eigenvalue weighted by Gasteiger charge is 2.23. The molecule has 2 aliphatic heterocycles. The first-order valence-electron chi connectivity index (χ1n) is 11.1. The smallest absolute Gasteiger partial charge is 0.191 e. The van der Waals surface area contributed by atoms with Gasteiger partial charge in [0.25, 0.3) is 0 Å². The van der Waals surface area contributed by atoms with Crippen molar-refractivity contribution < 1.29 is 4.74 Å². The van der Waals surface area contributed by atoms with Gasteiger partial charge in [0.05, 0.1) is 17.2 Å². The summed E-state index contributed by atoms with van der Waals surface area (Å²) in [5.41, 5.74) is 2.52. The predicted molar refractivity (Wildman–Crippen MR) is 123 cm³/mol. The van der Waals surface area contributed by atoms with E-state index >= 15 is 0 Å². The summed E-state index contributed by atoms with van der Waals surface area (Å²) < 4.78 is 6.01. The van der Waals surface area contributed by atoms with Crippen LogP contribution in [0.15, 0.2) is 34.6 Å². The van der Waals surface area contributed by atoms with Crippen LogP contribution in [0.2, 0.25) is 0 Å². The topological polar surface area (TPSA) is 61.8 Å².